The fourth-order valence-electron chi connectivity index (χ4n) is 1.86. The zero-order valence-electron chi connectivity index (χ0n) is 9.60. The summed E-state index contributed by atoms with van der Waals surface area (Å²) in [5.74, 6) is -0.465. The van der Waals surface area contributed by atoms with Gasteiger partial charge in [-0.1, -0.05) is 24.3 Å². The van der Waals surface area contributed by atoms with Crippen LogP contribution in [0, 0.1) is 0 Å². The molecule has 86 valence electrons. The second kappa shape index (κ2) is 4.36. The molecule has 16 heavy (non-hydrogen) atoms. The van der Waals surface area contributed by atoms with Gasteiger partial charge in [0.1, 0.15) is 6.29 Å². The molecule has 0 saturated carbocycles. The monoisotopic (exact) mass is 220 g/mol. The SMILES string of the molecule is CC1(C)OCC(Cc2ccc(C=O)cc2)O1. The second-order valence-corrected chi connectivity index (χ2v) is 4.51. The molecule has 1 aromatic carbocycles. The zero-order chi connectivity index (χ0) is 11.6. The van der Waals surface area contributed by atoms with Crippen LogP contribution in [0.5, 0.6) is 0 Å². The summed E-state index contributed by atoms with van der Waals surface area (Å²) >= 11 is 0. The predicted octanol–water partition coefficient (Wildman–Crippen LogP) is 2.19. The molecule has 1 unspecified atom stereocenters. The van der Waals surface area contributed by atoms with Gasteiger partial charge in [-0.2, -0.15) is 0 Å². The fourth-order valence-corrected chi connectivity index (χ4v) is 1.86. The summed E-state index contributed by atoms with van der Waals surface area (Å²) in [6.07, 6.45) is 1.78. The van der Waals surface area contributed by atoms with Gasteiger partial charge in [0, 0.05) is 12.0 Å². The van der Waals surface area contributed by atoms with Crippen molar-refractivity contribution >= 4 is 6.29 Å². The summed E-state index contributed by atoms with van der Waals surface area (Å²) in [6, 6.07) is 7.56. The highest BCUT2D eigenvalue weighted by Crippen LogP contribution is 2.24. The van der Waals surface area contributed by atoms with E-state index in [1.165, 1.54) is 0 Å². The van der Waals surface area contributed by atoms with E-state index in [0.717, 1.165) is 18.3 Å². The molecule has 0 spiro atoms. The number of rotatable bonds is 3. The van der Waals surface area contributed by atoms with Crippen LogP contribution in [-0.4, -0.2) is 24.8 Å². The third-order valence-corrected chi connectivity index (χ3v) is 2.65. The lowest BCUT2D eigenvalue weighted by molar-refractivity contribution is -0.138. The van der Waals surface area contributed by atoms with Crippen LogP contribution in [-0.2, 0) is 15.9 Å². The topological polar surface area (TPSA) is 35.5 Å². The number of hydrogen-bond donors (Lipinski definition) is 0. The minimum absolute atomic E-state index is 0.108. The van der Waals surface area contributed by atoms with Crippen LogP contribution in [0.15, 0.2) is 24.3 Å². The van der Waals surface area contributed by atoms with Crippen LogP contribution >= 0.6 is 0 Å². The van der Waals surface area contributed by atoms with Crippen LogP contribution in [0.25, 0.3) is 0 Å². The standard InChI is InChI=1S/C13H16O3/c1-13(2)15-9-12(16-13)7-10-3-5-11(8-14)6-4-10/h3-6,8,12H,7,9H2,1-2H3. The van der Waals surface area contributed by atoms with E-state index in [1.54, 1.807) is 0 Å². The lowest BCUT2D eigenvalue weighted by Crippen LogP contribution is -2.22. The molecule has 0 bridgehead atoms. The highest BCUT2D eigenvalue weighted by Gasteiger charge is 2.32. The molecule has 0 amide bonds. The molecule has 1 aromatic rings. The summed E-state index contributed by atoms with van der Waals surface area (Å²) in [6.45, 7) is 4.47. The first-order chi connectivity index (χ1) is 7.59. The van der Waals surface area contributed by atoms with Gasteiger partial charge < -0.3 is 9.47 Å². The van der Waals surface area contributed by atoms with E-state index >= 15 is 0 Å². The number of aldehydes is 1. The Morgan fingerprint density at radius 3 is 2.56 bits per heavy atom. The molecule has 3 heteroatoms. The van der Waals surface area contributed by atoms with Gasteiger partial charge >= 0.3 is 0 Å². The average Bonchev–Trinajstić information content (AvgIpc) is 2.59. The molecule has 0 N–H and O–H groups in total. The van der Waals surface area contributed by atoms with Gasteiger partial charge in [-0.15, -0.1) is 0 Å². The van der Waals surface area contributed by atoms with Crippen molar-refractivity contribution in [2.24, 2.45) is 0 Å². The molecule has 0 aromatic heterocycles. The Kier molecular flexibility index (Phi) is 3.08. The van der Waals surface area contributed by atoms with Crippen molar-refractivity contribution in [3.63, 3.8) is 0 Å². The zero-order valence-corrected chi connectivity index (χ0v) is 9.60. The number of benzene rings is 1. The minimum Gasteiger partial charge on any atom is -0.348 e. The Morgan fingerprint density at radius 1 is 1.38 bits per heavy atom. The first-order valence-electron chi connectivity index (χ1n) is 5.45. The molecule has 1 atom stereocenters. The van der Waals surface area contributed by atoms with Gasteiger partial charge in [-0.3, -0.25) is 4.79 Å². The van der Waals surface area contributed by atoms with Crippen LogP contribution in [0.3, 0.4) is 0 Å². The van der Waals surface area contributed by atoms with E-state index in [4.69, 9.17) is 9.47 Å². The Morgan fingerprint density at radius 2 is 2.06 bits per heavy atom. The van der Waals surface area contributed by atoms with Crippen molar-refractivity contribution in [1.82, 2.24) is 0 Å². The number of carbonyl (C=O) groups excluding carboxylic acids is 1. The highest BCUT2D eigenvalue weighted by molar-refractivity contribution is 5.74. The van der Waals surface area contributed by atoms with Gasteiger partial charge in [0.25, 0.3) is 0 Å². The molecular formula is C13H16O3. The largest absolute Gasteiger partial charge is 0.348 e. The van der Waals surface area contributed by atoms with Gasteiger partial charge in [0.15, 0.2) is 5.79 Å². The maximum absolute atomic E-state index is 10.5. The van der Waals surface area contributed by atoms with E-state index in [9.17, 15) is 4.79 Å². The summed E-state index contributed by atoms with van der Waals surface area (Å²) in [5.41, 5.74) is 1.87. The smallest absolute Gasteiger partial charge is 0.163 e. The Balaban J connectivity index is 1.97. The van der Waals surface area contributed by atoms with Crippen molar-refractivity contribution in [2.45, 2.75) is 32.2 Å². The summed E-state index contributed by atoms with van der Waals surface area (Å²) < 4.78 is 11.2. The Hall–Kier alpha value is -1.19. The van der Waals surface area contributed by atoms with Gasteiger partial charge in [-0.05, 0) is 19.4 Å². The Bertz CT molecular complexity index is 367. The normalized spacial score (nSPS) is 23.2. The number of ether oxygens (including phenoxy) is 2. The lowest BCUT2D eigenvalue weighted by Gasteiger charge is -2.17. The second-order valence-electron chi connectivity index (χ2n) is 4.51. The van der Waals surface area contributed by atoms with Gasteiger partial charge in [0.2, 0.25) is 0 Å². The molecule has 1 aliphatic heterocycles. The van der Waals surface area contributed by atoms with E-state index in [0.29, 0.717) is 12.2 Å². The van der Waals surface area contributed by atoms with Crippen molar-refractivity contribution in [2.75, 3.05) is 6.61 Å². The van der Waals surface area contributed by atoms with E-state index in [-0.39, 0.29) is 6.10 Å². The third kappa shape index (κ3) is 2.68. The van der Waals surface area contributed by atoms with Gasteiger partial charge in [-0.25, -0.2) is 0 Å². The molecule has 2 rings (SSSR count). The first-order valence-corrected chi connectivity index (χ1v) is 5.45. The van der Waals surface area contributed by atoms with Gasteiger partial charge in [0.05, 0.1) is 12.7 Å². The van der Waals surface area contributed by atoms with Crippen LogP contribution < -0.4 is 0 Å². The molecule has 1 heterocycles. The quantitative estimate of drug-likeness (QED) is 0.732. The summed E-state index contributed by atoms with van der Waals surface area (Å²) in [5, 5.41) is 0. The summed E-state index contributed by atoms with van der Waals surface area (Å²) in [7, 11) is 0. The summed E-state index contributed by atoms with van der Waals surface area (Å²) in [4.78, 5) is 10.5. The van der Waals surface area contributed by atoms with Crippen molar-refractivity contribution in [3.8, 4) is 0 Å². The maximum atomic E-state index is 10.5. The van der Waals surface area contributed by atoms with E-state index in [1.807, 2.05) is 38.1 Å². The lowest BCUT2D eigenvalue weighted by atomic mass is 10.1. The third-order valence-electron chi connectivity index (χ3n) is 2.65. The molecule has 1 fully saturated rings. The number of hydrogen-bond acceptors (Lipinski definition) is 3. The van der Waals surface area contributed by atoms with Crippen LogP contribution in [0.1, 0.15) is 29.8 Å². The first kappa shape index (κ1) is 11.3. The molecule has 3 nitrogen and oxygen atoms in total. The van der Waals surface area contributed by atoms with E-state index in [2.05, 4.69) is 0 Å². The number of carbonyl (C=O) groups is 1. The maximum Gasteiger partial charge on any atom is 0.163 e. The van der Waals surface area contributed by atoms with Crippen LogP contribution in [0.4, 0.5) is 0 Å². The van der Waals surface area contributed by atoms with Crippen molar-refractivity contribution < 1.29 is 14.3 Å². The highest BCUT2D eigenvalue weighted by atomic mass is 16.7. The molecule has 1 saturated heterocycles. The molecule has 0 aliphatic carbocycles. The van der Waals surface area contributed by atoms with Crippen LogP contribution in [0.2, 0.25) is 0 Å². The predicted molar refractivity (Wildman–Crippen MR) is 60.4 cm³/mol. The average molecular weight is 220 g/mol. The molecule has 1 aliphatic rings. The minimum atomic E-state index is -0.465. The van der Waals surface area contributed by atoms with Crippen molar-refractivity contribution in [3.05, 3.63) is 35.4 Å². The fraction of sp³-hybridized carbons (Fsp3) is 0.462. The Labute approximate surface area is 95.4 Å². The van der Waals surface area contributed by atoms with Crippen molar-refractivity contribution in [1.29, 1.82) is 0 Å². The molecular weight excluding hydrogens is 204 g/mol. The molecule has 0 radical (unpaired) electrons. The van der Waals surface area contributed by atoms with E-state index < -0.39 is 5.79 Å².